The molecule has 0 spiro atoms. The van der Waals surface area contributed by atoms with E-state index < -0.39 is 46.8 Å². The van der Waals surface area contributed by atoms with E-state index in [2.05, 4.69) is 26.3 Å². The number of nitrogens with one attached hydrogen (secondary N) is 3. The van der Waals surface area contributed by atoms with Gasteiger partial charge in [-0.25, -0.2) is 20.1 Å². The lowest BCUT2D eigenvalue weighted by Crippen LogP contribution is -2.45. The zero-order valence-corrected chi connectivity index (χ0v) is 22.0. The number of hydrogen-bond donors (Lipinski definition) is 3. The minimum Gasteiger partial charge on any atom is -0.462 e. The van der Waals surface area contributed by atoms with Crippen molar-refractivity contribution in [3.05, 3.63) is 10.0 Å². The fourth-order valence-corrected chi connectivity index (χ4v) is 3.75. The molecule has 1 atom stereocenters. The second-order valence-electron chi connectivity index (χ2n) is 9.59. The molecule has 1 saturated carbocycles. The van der Waals surface area contributed by atoms with E-state index in [1.807, 2.05) is 13.8 Å². The molecule has 0 bridgehead atoms. The highest BCUT2D eigenvalue weighted by Crippen LogP contribution is 2.41. The summed E-state index contributed by atoms with van der Waals surface area (Å²) in [6.45, 7) is 8.97. The molecular weight excluding hydrogens is 518 g/mol. The average molecular weight is 546 g/mol. The number of thiazole rings is 1. The normalized spacial score (nSPS) is 18.9. The SMILES string of the molecule is CC(C)COC(=O)C1(O/N=C(\C(=O)N[C@H]2CONC2=O)c2nc(NC(=O)OC(C)(C)C)sc2Cl)CC1. The number of hydroxylamine groups is 1. The monoisotopic (exact) mass is 545 g/mol. The Morgan fingerprint density at radius 2 is 2.03 bits per heavy atom. The van der Waals surface area contributed by atoms with Crippen LogP contribution in [0.1, 0.15) is 53.2 Å². The van der Waals surface area contributed by atoms with Gasteiger partial charge in [0, 0.05) is 12.8 Å². The first-order valence-corrected chi connectivity index (χ1v) is 12.3. The van der Waals surface area contributed by atoms with Crippen molar-refractivity contribution in [3.63, 3.8) is 0 Å². The topological polar surface area (TPSA) is 167 Å². The van der Waals surface area contributed by atoms with Gasteiger partial charge >= 0.3 is 12.1 Å². The van der Waals surface area contributed by atoms with E-state index in [0.29, 0.717) is 12.8 Å². The molecule has 36 heavy (non-hydrogen) atoms. The molecule has 0 radical (unpaired) electrons. The van der Waals surface area contributed by atoms with Gasteiger partial charge in [-0.2, -0.15) is 0 Å². The van der Waals surface area contributed by atoms with Crippen LogP contribution in [0, 0.1) is 5.92 Å². The Bertz CT molecular complexity index is 1060. The third kappa shape index (κ3) is 7.27. The smallest absolute Gasteiger partial charge is 0.413 e. The van der Waals surface area contributed by atoms with Gasteiger partial charge in [0.15, 0.2) is 10.8 Å². The van der Waals surface area contributed by atoms with Crippen molar-refractivity contribution in [1.82, 2.24) is 15.8 Å². The van der Waals surface area contributed by atoms with Crippen LogP contribution in [0.3, 0.4) is 0 Å². The Hall–Kier alpha value is -2.97. The summed E-state index contributed by atoms with van der Waals surface area (Å²) in [6, 6.07) is -0.995. The predicted molar refractivity (Wildman–Crippen MR) is 128 cm³/mol. The highest BCUT2D eigenvalue weighted by molar-refractivity contribution is 7.20. The summed E-state index contributed by atoms with van der Waals surface area (Å²) in [5.74, 6) is -1.89. The van der Waals surface area contributed by atoms with E-state index in [-0.39, 0.29) is 34.3 Å². The summed E-state index contributed by atoms with van der Waals surface area (Å²) in [5, 5.41) is 8.83. The Morgan fingerprint density at radius 1 is 1.33 bits per heavy atom. The number of nitrogens with zero attached hydrogens (tertiary/aromatic N) is 2. The Balaban J connectivity index is 1.83. The number of carbonyl (C=O) groups is 4. The minimum atomic E-state index is -1.33. The Kier molecular flexibility index (Phi) is 8.41. The number of aromatic nitrogens is 1. The van der Waals surface area contributed by atoms with Crippen molar-refractivity contribution in [1.29, 1.82) is 0 Å². The largest absolute Gasteiger partial charge is 0.462 e. The molecule has 1 aromatic heterocycles. The molecule has 2 heterocycles. The lowest BCUT2D eigenvalue weighted by Gasteiger charge is -2.18. The Labute approximate surface area is 216 Å². The molecule has 1 aromatic rings. The summed E-state index contributed by atoms with van der Waals surface area (Å²) in [5.41, 5.74) is -0.483. The van der Waals surface area contributed by atoms with Gasteiger partial charge in [-0.3, -0.25) is 19.7 Å². The van der Waals surface area contributed by atoms with E-state index in [1.165, 1.54) is 0 Å². The summed E-state index contributed by atoms with van der Waals surface area (Å²) in [7, 11) is 0. The number of rotatable bonds is 9. The summed E-state index contributed by atoms with van der Waals surface area (Å²) >= 11 is 7.16. The van der Waals surface area contributed by atoms with Crippen LogP contribution in [0.5, 0.6) is 0 Å². The molecule has 198 valence electrons. The van der Waals surface area contributed by atoms with Crippen LogP contribution >= 0.6 is 22.9 Å². The maximum Gasteiger partial charge on any atom is 0.413 e. The van der Waals surface area contributed by atoms with Crippen molar-refractivity contribution in [2.75, 3.05) is 18.5 Å². The van der Waals surface area contributed by atoms with Gasteiger partial charge in [-0.15, -0.1) is 0 Å². The molecule has 3 N–H and O–H groups in total. The maximum absolute atomic E-state index is 13.1. The third-order valence-electron chi connectivity index (χ3n) is 4.61. The predicted octanol–water partition coefficient (Wildman–Crippen LogP) is 2.14. The quantitative estimate of drug-likeness (QED) is 0.239. The highest BCUT2D eigenvalue weighted by atomic mass is 35.5. The van der Waals surface area contributed by atoms with Crippen LogP contribution < -0.4 is 16.1 Å². The first kappa shape index (κ1) is 27.6. The first-order chi connectivity index (χ1) is 16.8. The molecule has 3 amide bonds. The second kappa shape index (κ2) is 11.0. The van der Waals surface area contributed by atoms with E-state index >= 15 is 0 Å². The van der Waals surface area contributed by atoms with Crippen molar-refractivity contribution >= 4 is 57.7 Å². The van der Waals surface area contributed by atoms with E-state index in [9.17, 15) is 19.2 Å². The minimum absolute atomic E-state index is 0.00193. The Morgan fingerprint density at radius 3 is 2.58 bits per heavy atom. The molecule has 0 unspecified atom stereocenters. The van der Waals surface area contributed by atoms with Crippen molar-refractivity contribution < 1.29 is 38.3 Å². The molecule has 1 saturated heterocycles. The lowest BCUT2D eigenvalue weighted by atomic mass is 10.2. The van der Waals surface area contributed by atoms with Gasteiger partial charge in [-0.1, -0.05) is 41.9 Å². The number of ether oxygens (including phenoxy) is 2. The van der Waals surface area contributed by atoms with Gasteiger partial charge < -0.3 is 19.6 Å². The highest BCUT2D eigenvalue weighted by Gasteiger charge is 2.56. The van der Waals surface area contributed by atoms with Gasteiger partial charge in [0.05, 0.1) is 6.61 Å². The second-order valence-corrected chi connectivity index (χ2v) is 11.2. The van der Waals surface area contributed by atoms with E-state index in [0.717, 1.165) is 11.3 Å². The van der Waals surface area contributed by atoms with Crippen molar-refractivity contribution in [3.8, 4) is 0 Å². The van der Waals surface area contributed by atoms with Crippen LogP contribution in [0.25, 0.3) is 0 Å². The number of hydrogen-bond acceptors (Lipinski definition) is 11. The lowest BCUT2D eigenvalue weighted by molar-refractivity contribution is -0.161. The zero-order chi connectivity index (χ0) is 26.7. The summed E-state index contributed by atoms with van der Waals surface area (Å²) in [6.07, 6.45) is -0.0854. The number of halogens is 1. The fourth-order valence-electron chi connectivity index (χ4n) is 2.71. The van der Waals surface area contributed by atoms with Crippen molar-refractivity contribution in [2.24, 2.45) is 11.1 Å². The van der Waals surface area contributed by atoms with Crippen LogP contribution in [-0.2, 0) is 33.5 Å². The number of amides is 3. The van der Waals surface area contributed by atoms with Gasteiger partial charge in [-0.05, 0) is 26.7 Å². The molecule has 3 rings (SSSR count). The molecule has 2 fully saturated rings. The van der Waals surface area contributed by atoms with Crippen LogP contribution in [0.4, 0.5) is 9.93 Å². The molecule has 13 nitrogen and oxygen atoms in total. The van der Waals surface area contributed by atoms with Crippen LogP contribution in [-0.4, -0.2) is 65.0 Å². The fraction of sp³-hybridized carbons (Fsp3) is 0.619. The summed E-state index contributed by atoms with van der Waals surface area (Å²) in [4.78, 5) is 64.0. The number of oxime groups is 1. The molecule has 2 aliphatic rings. The maximum atomic E-state index is 13.1. The van der Waals surface area contributed by atoms with Gasteiger partial charge in [0.1, 0.15) is 28.3 Å². The van der Waals surface area contributed by atoms with Crippen LogP contribution in [0.15, 0.2) is 5.16 Å². The van der Waals surface area contributed by atoms with E-state index in [1.54, 1.807) is 20.8 Å². The molecular formula is C21H28ClN5O8S. The number of esters is 1. The summed E-state index contributed by atoms with van der Waals surface area (Å²) < 4.78 is 10.5. The molecule has 1 aliphatic carbocycles. The average Bonchev–Trinajstić information content (AvgIpc) is 3.33. The third-order valence-corrected chi connectivity index (χ3v) is 5.78. The standard InChI is InChI=1S/C21H28ClN5O8S/c1-10(2)8-32-17(30)21(6-7-21)35-26-13(16(29)23-11-9-33-27-15(11)28)12-14(22)36-18(24-12)25-19(31)34-20(3,4)5/h10-11H,6-9H2,1-5H3,(H,23,29)(H,27,28)(H,24,25,31)/b26-13-/t11-/m0/s1. The zero-order valence-electron chi connectivity index (χ0n) is 20.4. The van der Waals surface area contributed by atoms with Gasteiger partial charge in [0.2, 0.25) is 5.60 Å². The molecule has 0 aromatic carbocycles. The first-order valence-electron chi connectivity index (χ1n) is 11.1. The number of carbonyl (C=O) groups excluding carboxylic acids is 4. The van der Waals surface area contributed by atoms with E-state index in [4.69, 9.17) is 30.7 Å². The molecule has 15 heteroatoms. The number of anilines is 1. The molecule has 1 aliphatic heterocycles. The van der Waals surface area contributed by atoms with Crippen LogP contribution in [0.2, 0.25) is 4.34 Å². The van der Waals surface area contributed by atoms with Gasteiger partial charge in [0.25, 0.3) is 11.8 Å². The van der Waals surface area contributed by atoms with Crippen molar-refractivity contribution in [2.45, 2.75) is 64.7 Å².